The Bertz CT molecular complexity index is 1120. The molecule has 1 amide bonds. The van der Waals surface area contributed by atoms with E-state index in [1.165, 1.54) is 6.07 Å². The molecule has 6 unspecified atom stereocenters. The predicted molar refractivity (Wildman–Crippen MR) is 129 cm³/mol. The predicted octanol–water partition coefficient (Wildman–Crippen LogP) is 5.19. The first-order chi connectivity index (χ1) is 17.0. The largest absolute Gasteiger partial charge is 0.462 e. The van der Waals surface area contributed by atoms with Crippen molar-refractivity contribution in [1.82, 2.24) is 9.88 Å². The van der Waals surface area contributed by atoms with Gasteiger partial charge in [-0.2, -0.15) is 0 Å². The van der Waals surface area contributed by atoms with Crippen molar-refractivity contribution in [1.29, 1.82) is 0 Å². The van der Waals surface area contributed by atoms with E-state index in [0.29, 0.717) is 31.2 Å². The van der Waals surface area contributed by atoms with Crippen LogP contribution in [0, 0.1) is 35.4 Å². The first-order valence-corrected chi connectivity index (χ1v) is 12.5. The number of hydrogen-bond acceptors (Lipinski definition) is 5. The molecule has 6 nitrogen and oxygen atoms in total. The van der Waals surface area contributed by atoms with Crippen molar-refractivity contribution in [3.05, 3.63) is 60.2 Å². The van der Waals surface area contributed by atoms with Crippen molar-refractivity contribution in [2.24, 2.45) is 29.6 Å². The number of halogens is 1. The molecular weight excluding hydrogens is 447 g/mol. The van der Waals surface area contributed by atoms with Gasteiger partial charge in [0.15, 0.2) is 0 Å². The molecule has 0 bridgehead atoms. The average molecular weight is 479 g/mol. The molecule has 0 spiro atoms. The number of carbonyl (C=O) groups is 2. The lowest BCUT2D eigenvalue weighted by atomic mass is 9.59. The number of aromatic nitrogens is 1. The van der Waals surface area contributed by atoms with Gasteiger partial charge in [0, 0.05) is 36.3 Å². The summed E-state index contributed by atoms with van der Waals surface area (Å²) < 4.78 is 25.0. The minimum absolute atomic E-state index is 0.117. The normalized spacial score (nSPS) is 30.0. The van der Waals surface area contributed by atoms with Crippen molar-refractivity contribution in [3.63, 3.8) is 0 Å². The molecule has 35 heavy (non-hydrogen) atoms. The maximum absolute atomic E-state index is 14.1. The second-order valence-electron chi connectivity index (χ2n) is 9.81. The number of esters is 1. The zero-order chi connectivity index (χ0) is 24.5. The van der Waals surface area contributed by atoms with Gasteiger partial charge < -0.3 is 14.4 Å². The van der Waals surface area contributed by atoms with Crippen LogP contribution in [0.5, 0.6) is 0 Å². The highest BCUT2D eigenvalue weighted by molar-refractivity contribution is 5.76. The Labute approximate surface area is 205 Å². The highest BCUT2D eigenvalue weighted by Crippen LogP contribution is 2.51. The van der Waals surface area contributed by atoms with E-state index in [0.717, 1.165) is 24.1 Å². The molecule has 0 N–H and O–H groups in total. The Kier molecular flexibility index (Phi) is 6.58. The Hall–Kier alpha value is -3.22. The fourth-order valence-electron chi connectivity index (χ4n) is 6.31. The quantitative estimate of drug-likeness (QED) is 0.566. The lowest BCUT2D eigenvalue weighted by Crippen LogP contribution is -2.51. The molecular formula is C28H31FN2O4. The second-order valence-corrected chi connectivity index (χ2v) is 9.81. The summed E-state index contributed by atoms with van der Waals surface area (Å²) in [5, 5.41) is 0. The van der Waals surface area contributed by atoms with Crippen molar-refractivity contribution < 1.29 is 23.5 Å². The third-order valence-corrected chi connectivity index (χ3v) is 7.89. The first kappa shape index (κ1) is 23.5. The molecule has 7 heteroatoms. The number of fused-ring (bicyclic) bond motifs is 2. The Balaban J connectivity index is 1.37. The number of carbonyl (C=O) groups excluding carboxylic acids is 2. The molecule has 1 aromatic heterocycles. The van der Waals surface area contributed by atoms with Crippen molar-refractivity contribution in [3.8, 4) is 11.1 Å². The van der Waals surface area contributed by atoms with Crippen LogP contribution in [0.15, 0.2) is 48.7 Å². The number of benzene rings is 1. The van der Waals surface area contributed by atoms with Crippen LogP contribution in [0.2, 0.25) is 0 Å². The van der Waals surface area contributed by atoms with E-state index in [1.807, 2.05) is 38.1 Å². The van der Waals surface area contributed by atoms with Crippen LogP contribution < -0.4 is 0 Å². The molecule has 1 aliphatic carbocycles. The molecule has 1 aromatic carbocycles. The van der Waals surface area contributed by atoms with Gasteiger partial charge >= 0.3 is 12.1 Å². The maximum atomic E-state index is 14.1. The highest BCUT2D eigenvalue weighted by atomic mass is 19.1. The number of likely N-dealkylation sites (tertiary alicyclic amines) is 1. The van der Waals surface area contributed by atoms with Gasteiger partial charge in [0.05, 0.1) is 18.2 Å². The maximum Gasteiger partial charge on any atom is 0.409 e. The number of piperidine rings is 1. The SMILES string of the molecule is CCOC(=O)N1CCC2C(CC3C(=O)OC(C)C3C2/C=C/c2ccc(-c3ccccc3F)cn2)C1. The molecule has 3 heterocycles. The number of cyclic esters (lactones) is 1. The first-order valence-electron chi connectivity index (χ1n) is 12.5. The van der Waals surface area contributed by atoms with Crippen LogP contribution in [-0.2, 0) is 14.3 Å². The van der Waals surface area contributed by atoms with Crippen LogP contribution >= 0.6 is 0 Å². The molecule has 2 aliphatic heterocycles. The van der Waals surface area contributed by atoms with Gasteiger partial charge in [-0.15, -0.1) is 0 Å². The van der Waals surface area contributed by atoms with Crippen LogP contribution in [0.1, 0.15) is 32.4 Å². The van der Waals surface area contributed by atoms with Crippen LogP contribution in [-0.4, -0.2) is 47.7 Å². The Morgan fingerprint density at radius 1 is 1.29 bits per heavy atom. The number of pyridine rings is 1. The summed E-state index contributed by atoms with van der Waals surface area (Å²) in [6.45, 7) is 5.41. The van der Waals surface area contributed by atoms with E-state index in [4.69, 9.17) is 9.47 Å². The van der Waals surface area contributed by atoms with Crippen LogP contribution in [0.25, 0.3) is 17.2 Å². The number of nitrogens with zero attached hydrogens (tertiary/aromatic N) is 2. The summed E-state index contributed by atoms with van der Waals surface area (Å²) in [4.78, 5) is 31.3. The zero-order valence-electron chi connectivity index (χ0n) is 20.1. The van der Waals surface area contributed by atoms with Gasteiger partial charge in [-0.25, -0.2) is 9.18 Å². The molecule has 3 aliphatic rings. The lowest BCUT2D eigenvalue weighted by molar-refractivity contribution is -0.144. The standard InChI is InChI=1S/C28H31FN2O4/c1-3-34-28(33)31-13-12-21-19(16-31)14-24-26(17(2)35-27(24)32)23(21)11-10-20-9-8-18(15-30-20)22-6-4-5-7-25(22)29/h4-11,15,17,19,21,23-24,26H,3,12-14,16H2,1-2H3/b11-10+. The van der Waals surface area contributed by atoms with Crippen molar-refractivity contribution in [2.45, 2.75) is 32.8 Å². The minimum atomic E-state index is -0.276. The minimum Gasteiger partial charge on any atom is -0.462 e. The summed E-state index contributed by atoms with van der Waals surface area (Å²) >= 11 is 0. The third-order valence-electron chi connectivity index (χ3n) is 7.89. The number of rotatable bonds is 4. The molecule has 5 rings (SSSR count). The molecule has 6 atom stereocenters. The molecule has 184 valence electrons. The molecule has 2 saturated heterocycles. The van der Waals surface area contributed by atoms with Gasteiger partial charge in [0.25, 0.3) is 0 Å². The monoisotopic (exact) mass is 478 g/mol. The summed E-state index contributed by atoms with van der Waals surface area (Å²) in [6.07, 6.45) is 7.06. The van der Waals surface area contributed by atoms with E-state index in [9.17, 15) is 14.0 Å². The Morgan fingerprint density at radius 2 is 2.11 bits per heavy atom. The smallest absolute Gasteiger partial charge is 0.409 e. The van der Waals surface area contributed by atoms with Gasteiger partial charge in [0.1, 0.15) is 11.9 Å². The molecule has 2 aromatic rings. The van der Waals surface area contributed by atoms with Crippen LogP contribution in [0.4, 0.5) is 9.18 Å². The number of allylic oxidation sites excluding steroid dienone is 1. The highest BCUT2D eigenvalue weighted by Gasteiger charge is 2.54. The Morgan fingerprint density at radius 3 is 2.86 bits per heavy atom. The number of hydrogen-bond donors (Lipinski definition) is 0. The van der Waals surface area contributed by atoms with E-state index in [-0.39, 0.29) is 47.7 Å². The van der Waals surface area contributed by atoms with Crippen molar-refractivity contribution in [2.75, 3.05) is 19.7 Å². The number of amides is 1. The summed E-state index contributed by atoms with van der Waals surface area (Å²) in [7, 11) is 0. The topological polar surface area (TPSA) is 68.7 Å². The molecule has 0 radical (unpaired) electrons. The molecule has 3 fully saturated rings. The number of ether oxygens (including phenoxy) is 2. The zero-order valence-corrected chi connectivity index (χ0v) is 20.1. The van der Waals surface area contributed by atoms with Gasteiger partial charge in [-0.05, 0) is 62.7 Å². The fraction of sp³-hybridized carbons (Fsp3) is 0.464. The second kappa shape index (κ2) is 9.80. The van der Waals surface area contributed by atoms with Gasteiger partial charge in [-0.3, -0.25) is 9.78 Å². The fourth-order valence-corrected chi connectivity index (χ4v) is 6.31. The van der Waals surface area contributed by atoms with Gasteiger partial charge in [-0.1, -0.05) is 30.3 Å². The summed E-state index contributed by atoms with van der Waals surface area (Å²) in [6, 6.07) is 10.4. The lowest BCUT2D eigenvalue weighted by Gasteiger charge is -2.48. The summed E-state index contributed by atoms with van der Waals surface area (Å²) in [5.74, 6) is 0.292. The van der Waals surface area contributed by atoms with E-state index in [1.54, 1.807) is 23.2 Å². The van der Waals surface area contributed by atoms with Gasteiger partial charge in [0.2, 0.25) is 0 Å². The molecule has 1 saturated carbocycles. The van der Waals surface area contributed by atoms with Crippen molar-refractivity contribution >= 4 is 18.1 Å². The van der Waals surface area contributed by atoms with E-state index >= 15 is 0 Å². The average Bonchev–Trinajstić information content (AvgIpc) is 3.15. The van der Waals surface area contributed by atoms with Crippen LogP contribution in [0.3, 0.4) is 0 Å². The third kappa shape index (κ3) is 4.56. The summed E-state index contributed by atoms with van der Waals surface area (Å²) in [5.41, 5.74) is 2.04. The van der Waals surface area contributed by atoms with E-state index in [2.05, 4.69) is 11.1 Å². The van der Waals surface area contributed by atoms with E-state index < -0.39 is 0 Å².